The molecular weight excluding hydrogens is 536 g/mol. The molecule has 10 nitrogen and oxygen atoms in total. The summed E-state index contributed by atoms with van der Waals surface area (Å²) in [6, 6.07) is 15.7. The summed E-state index contributed by atoms with van der Waals surface area (Å²) in [7, 11) is 0. The average Bonchev–Trinajstić information content (AvgIpc) is 2.97. The highest BCUT2D eigenvalue weighted by atomic mass is 16.3. The zero-order chi connectivity index (χ0) is 29.8. The van der Waals surface area contributed by atoms with Crippen molar-refractivity contribution in [2.45, 2.75) is 32.6 Å². The first-order valence-electron chi connectivity index (χ1n) is 13.7. The first-order chi connectivity index (χ1) is 20.2. The van der Waals surface area contributed by atoms with Crippen LogP contribution in [0.5, 0.6) is 5.88 Å². The van der Waals surface area contributed by atoms with E-state index in [-0.39, 0.29) is 17.1 Å². The van der Waals surface area contributed by atoms with Crippen molar-refractivity contribution in [3.05, 3.63) is 116 Å². The summed E-state index contributed by atoms with van der Waals surface area (Å²) in [4.78, 5) is 66.7. The molecule has 4 amide bonds. The summed E-state index contributed by atoms with van der Waals surface area (Å²) in [6.07, 6.45) is 9.57. The highest BCUT2D eigenvalue weighted by Gasteiger charge is 2.36. The Kier molecular flexibility index (Phi) is 8.14. The number of H-pyrrole nitrogens is 1. The zero-order valence-electron chi connectivity index (χ0n) is 22.9. The maximum Gasteiger partial charge on any atom is 0.335 e. The maximum atomic E-state index is 13.3. The van der Waals surface area contributed by atoms with Crippen molar-refractivity contribution in [3.63, 3.8) is 0 Å². The lowest BCUT2D eigenvalue weighted by Gasteiger charge is -2.28. The minimum Gasteiger partial charge on any atom is -0.859 e. The number of rotatable bonds is 6. The molecule has 1 aliphatic heterocycles. The number of aromatic nitrogens is 2. The van der Waals surface area contributed by atoms with Gasteiger partial charge in [-0.15, -0.1) is 0 Å². The highest BCUT2D eigenvalue weighted by Crippen LogP contribution is 2.34. The second kappa shape index (κ2) is 12.1. The van der Waals surface area contributed by atoms with Gasteiger partial charge < -0.3 is 5.11 Å². The third-order valence-electron chi connectivity index (χ3n) is 7.60. The Morgan fingerprint density at radius 2 is 1.50 bits per heavy atom. The molecule has 1 aromatic heterocycles. The van der Waals surface area contributed by atoms with E-state index >= 15 is 0 Å². The number of barbiturate groups is 1. The fourth-order valence-electron chi connectivity index (χ4n) is 5.26. The van der Waals surface area contributed by atoms with E-state index in [9.17, 15) is 29.1 Å². The van der Waals surface area contributed by atoms with E-state index in [0.717, 1.165) is 35.2 Å². The van der Waals surface area contributed by atoms with Gasteiger partial charge in [0.25, 0.3) is 17.4 Å². The summed E-state index contributed by atoms with van der Waals surface area (Å²) >= 11 is 0. The predicted molar refractivity (Wildman–Crippen MR) is 156 cm³/mol. The van der Waals surface area contributed by atoms with Crippen LogP contribution in [0.2, 0.25) is 0 Å². The second-order valence-electron chi connectivity index (χ2n) is 10.4. The van der Waals surface area contributed by atoms with Crippen LogP contribution in [-0.2, 0) is 9.59 Å². The van der Waals surface area contributed by atoms with Crippen LogP contribution >= 0.6 is 0 Å². The second-order valence-corrected chi connectivity index (χ2v) is 10.4. The van der Waals surface area contributed by atoms with Gasteiger partial charge in [-0.2, -0.15) is 0 Å². The number of hydrogen-bond donors (Lipinski definition) is 2. The normalized spacial score (nSPS) is 20.8. The minimum atomic E-state index is -0.838. The highest BCUT2D eigenvalue weighted by molar-refractivity contribution is 6.37. The lowest BCUT2D eigenvalue weighted by atomic mass is 9.78. The van der Waals surface area contributed by atoms with Crippen LogP contribution < -0.4 is 26.6 Å². The Bertz CT molecular complexity index is 1730. The summed E-state index contributed by atoms with van der Waals surface area (Å²) in [6.45, 7) is 2.17. The molecule has 1 saturated carbocycles. The minimum absolute atomic E-state index is 0.0390. The van der Waals surface area contributed by atoms with E-state index in [1.165, 1.54) is 12.2 Å². The predicted octanol–water partition coefficient (Wildman–Crippen LogP) is 3.57. The number of aromatic amines is 1. The van der Waals surface area contributed by atoms with Crippen LogP contribution in [0, 0.1) is 11.8 Å². The van der Waals surface area contributed by atoms with Crippen LogP contribution in [0.3, 0.4) is 0 Å². The number of allylic oxidation sites excluding steroid dienone is 4. The molecule has 42 heavy (non-hydrogen) atoms. The molecule has 3 aromatic rings. The third-order valence-corrected chi connectivity index (χ3v) is 7.60. The van der Waals surface area contributed by atoms with Gasteiger partial charge in [0.2, 0.25) is 0 Å². The fourth-order valence-corrected chi connectivity index (χ4v) is 5.26. The SMILES string of the molecule is CC1CCC(C(C=Cc2c([O-])n(-c3ccccc3)c(=O)[nH]c2=O)=CC=C2C(=O)NC(=O)N(c3ccccc3)C2=O)CC1. The number of nitrogens with one attached hydrogen (secondary N) is 2. The van der Waals surface area contributed by atoms with Gasteiger partial charge in [0.15, 0.2) is 0 Å². The molecule has 2 aliphatic rings. The lowest BCUT2D eigenvalue weighted by molar-refractivity contribution is -0.278. The molecule has 0 bridgehead atoms. The molecule has 0 spiro atoms. The number of carbonyl (C=O) groups is 3. The number of hydrogen-bond acceptors (Lipinski definition) is 6. The number of urea groups is 1. The van der Waals surface area contributed by atoms with Gasteiger partial charge in [0.1, 0.15) is 5.57 Å². The van der Waals surface area contributed by atoms with Crippen molar-refractivity contribution < 1.29 is 19.5 Å². The van der Waals surface area contributed by atoms with Crippen LogP contribution in [0.25, 0.3) is 11.8 Å². The van der Waals surface area contributed by atoms with Crippen LogP contribution in [0.15, 0.2) is 99.6 Å². The molecule has 1 aliphatic carbocycles. The Labute approximate surface area is 241 Å². The summed E-state index contributed by atoms with van der Waals surface area (Å²) < 4.78 is 0.898. The molecule has 214 valence electrons. The quantitative estimate of drug-likeness (QED) is 0.266. The lowest BCUT2D eigenvalue weighted by Crippen LogP contribution is -2.54. The largest absolute Gasteiger partial charge is 0.859 e. The first-order valence-corrected chi connectivity index (χ1v) is 13.7. The molecule has 0 unspecified atom stereocenters. The summed E-state index contributed by atoms with van der Waals surface area (Å²) in [5, 5.41) is 15.5. The van der Waals surface area contributed by atoms with Crippen molar-refractivity contribution in [1.82, 2.24) is 14.9 Å². The molecule has 10 heteroatoms. The molecule has 2 aromatic carbocycles. The Hall–Kier alpha value is -5.25. The third kappa shape index (κ3) is 5.78. The van der Waals surface area contributed by atoms with E-state index < -0.39 is 35.0 Å². The number of amides is 4. The van der Waals surface area contributed by atoms with Gasteiger partial charge in [0.05, 0.1) is 5.69 Å². The molecule has 5 rings (SSSR count). The van der Waals surface area contributed by atoms with Crippen molar-refractivity contribution in [2.24, 2.45) is 11.8 Å². The number of carbonyl (C=O) groups excluding carboxylic acids is 3. The van der Waals surface area contributed by atoms with Crippen molar-refractivity contribution in [3.8, 4) is 11.6 Å². The van der Waals surface area contributed by atoms with Crippen LogP contribution in [0.1, 0.15) is 38.2 Å². The molecule has 0 atom stereocenters. The zero-order valence-corrected chi connectivity index (χ0v) is 22.9. The van der Waals surface area contributed by atoms with Crippen molar-refractivity contribution in [1.29, 1.82) is 0 Å². The van der Waals surface area contributed by atoms with Gasteiger partial charge >= 0.3 is 11.7 Å². The van der Waals surface area contributed by atoms with E-state index in [1.807, 2.05) is 0 Å². The Morgan fingerprint density at radius 3 is 2.14 bits per heavy atom. The van der Waals surface area contributed by atoms with E-state index in [4.69, 9.17) is 0 Å². The van der Waals surface area contributed by atoms with E-state index in [0.29, 0.717) is 22.9 Å². The number of imide groups is 2. The van der Waals surface area contributed by atoms with Crippen LogP contribution in [-0.4, -0.2) is 27.4 Å². The topological polar surface area (TPSA) is 144 Å². The van der Waals surface area contributed by atoms with Gasteiger partial charge in [-0.25, -0.2) is 14.5 Å². The fraction of sp³-hybridized carbons (Fsp3) is 0.219. The van der Waals surface area contributed by atoms with Gasteiger partial charge in [-0.05, 0) is 72.5 Å². The average molecular weight is 566 g/mol. The summed E-state index contributed by atoms with van der Waals surface area (Å²) in [5.41, 5.74) is -0.771. The molecule has 2 fully saturated rings. The Morgan fingerprint density at radius 1 is 0.881 bits per heavy atom. The number of benzene rings is 2. The smallest absolute Gasteiger partial charge is 0.335 e. The molecular formula is C32H29N4O6-. The molecule has 2 heterocycles. The van der Waals surface area contributed by atoms with Gasteiger partial charge in [-0.3, -0.25) is 29.3 Å². The molecule has 0 radical (unpaired) electrons. The standard InChI is InChI=1S/C32H30N4O6/c1-20-12-14-21(15-13-20)22(16-18-25-27(37)33-31(41)35(29(25)39)23-8-4-2-5-9-23)17-19-26-28(38)34-32(42)36(30(26)40)24-10-6-3-7-11-24/h2-11,16-21,39H,12-15H2,1H3,(H,33,37,41)(H,34,38,42)/p-1. The van der Waals surface area contributed by atoms with Crippen molar-refractivity contribution >= 4 is 29.6 Å². The van der Waals surface area contributed by atoms with Crippen molar-refractivity contribution in [2.75, 3.05) is 4.90 Å². The number of para-hydroxylation sites is 2. The van der Waals surface area contributed by atoms with E-state index in [1.54, 1.807) is 72.8 Å². The first kappa shape index (κ1) is 28.3. The Balaban J connectivity index is 1.54. The van der Waals surface area contributed by atoms with E-state index in [2.05, 4.69) is 17.2 Å². The molecule has 1 saturated heterocycles. The summed E-state index contributed by atoms with van der Waals surface area (Å²) in [5.74, 6) is -1.76. The monoisotopic (exact) mass is 565 g/mol. The van der Waals surface area contributed by atoms with Gasteiger partial charge in [-0.1, -0.05) is 68.3 Å². The van der Waals surface area contributed by atoms with Crippen LogP contribution in [0.4, 0.5) is 10.5 Å². The maximum absolute atomic E-state index is 13.3. The molecule has 2 N–H and O–H groups in total. The van der Waals surface area contributed by atoms with Gasteiger partial charge in [0, 0.05) is 11.3 Å². The number of nitrogens with zero attached hydrogens (tertiary/aromatic N) is 2. The number of anilines is 1.